The molecule has 116 valence electrons. The Bertz CT molecular complexity index is 601. The van der Waals surface area contributed by atoms with Gasteiger partial charge in [0.15, 0.2) is 0 Å². The number of nitrogens with zero attached hydrogens (tertiary/aromatic N) is 1. The Labute approximate surface area is 124 Å². The van der Waals surface area contributed by atoms with Gasteiger partial charge >= 0.3 is 0 Å². The average molecular weight is 314 g/mol. The van der Waals surface area contributed by atoms with Gasteiger partial charge in [0.25, 0.3) is 0 Å². The Balaban J connectivity index is 2.01. The van der Waals surface area contributed by atoms with E-state index < -0.39 is 10.0 Å². The van der Waals surface area contributed by atoms with Gasteiger partial charge in [-0.25, -0.2) is 17.1 Å². The zero-order chi connectivity index (χ0) is 15.5. The molecule has 0 saturated carbocycles. The summed E-state index contributed by atoms with van der Waals surface area (Å²) >= 11 is 0. The molecule has 1 aliphatic heterocycles. The van der Waals surface area contributed by atoms with Gasteiger partial charge in [0.05, 0.1) is 11.7 Å². The molecular formula is C14H19FN2O3S. The van der Waals surface area contributed by atoms with Gasteiger partial charge in [-0.05, 0) is 44.0 Å². The van der Waals surface area contributed by atoms with Crippen molar-refractivity contribution in [3.63, 3.8) is 0 Å². The van der Waals surface area contributed by atoms with Crippen molar-refractivity contribution >= 4 is 21.6 Å². The summed E-state index contributed by atoms with van der Waals surface area (Å²) < 4.78 is 37.9. The highest BCUT2D eigenvalue weighted by molar-refractivity contribution is 7.89. The summed E-state index contributed by atoms with van der Waals surface area (Å²) in [6.07, 6.45) is 1.32. The lowest BCUT2D eigenvalue weighted by Crippen LogP contribution is -2.44. The van der Waals surface area contributed by atoms with Gasteiger partial charge in [0, 0.05) is 18.8 Å². The zero-order valence-corrected chi connectivity index (χ0v) is 12.7. The molecule has 1 aromatic rings. The van der Waals surface area contributed by atoms with Gasteiger partial charge in [0.1, 0.15) is 5.82 Å². The van der Waals surface area contributed by atoms with E-state index >= 15 is 0 Å². The van der Waals surface area contributed by atoms with Gasteiger partial charge in [-0.1, -0.05) is 0 Å². The second-order valence-electron chi connectivity index (χ2n) is 5.09. The molecule has 1 amide bonds. The monoisotopic (exact) mass is 314 g/mol. The van der Waals surface area contributed by atoms with Crippen LogP contribution in [0, 0.1) is 11.7 Å². The largest absolute Gasteiger partial charge is 0.326 e. The fraction of sp³-hybridized carbons (Fsp3) is 0.500. The molecule has 1 saturated heterocycles. The predicted molar refractivity (Wildman–Crippen MR) is 78.8 cm³/mol. The number of anilines is 1. The van der Waals surface area contributed by atoms with Crippen LogP contribution in [0.1, 0.15) is 19.8 Å². The van der Waals surface area contributed by atoms with Crippen LogP contribution >= 0.6 is 0 Å². The number of sulfonamides is 1. The van der Waals surface area contributed by atoms with E-state index in [1.807, 2.05) is 0 Å². The van der Waals surface area contributed by atoms with E-state index in [2.05, 4.69) is 5.32 Å². The third-order valence-corrected chi connectivity index (χ3v) is 5.47. The summed E-state index contributed by atoms with van der Waals surface area (Å²) in [5.41, 5.74) is 0.511. The van der Waals surface area contributed by atoms with E-state index in [1.54, 1.807) is 6.92 Å². The molecule has 1 aliphatic rings. The van der Waals surface area contributed by atoms with E-state index in [4.69, 9.17) is 0 Å². The molecule has 21 heavy (non-hydrogen) atoms. The van der Waals surface area contributed by atoms with E-state index in [1.165, 1.54) is 28.6 Å². The van der Waals surface area contributed by atoms with Crippen LogP contribution in [0.25, 0.3) is 0 Å². The number of amides is 1. The van der Waals surface area contributed by atoms with E-state index in [0.717, 1.165) is 0 Å². The van der Waals surface area contributed by atoms with Gasteiger partial charge in [-0.3, -0.25) is 4.79 Å². The lowest BCUT2D eigenvalue weighted by molar-refractivity contribution is -0.120. The quantitative estimate of drug-likeness (QED) is 0.922. The van der Waals surface area contributed by atoms with Gasteiger partial charge in [0.2, 0.25) is 15.9 Å². The number of hydrogen-bond donors (Lipinski definition) is 1. The molecule has 7 heteroatoms. The number of carbonyl (C=O) groups excluding carboxylic acids is 1. The second-order valence-corrected chi connectivity index (χ2v) is 7.35. The standard InChI is InChI=1S/C14H19FN2O3S/c1-2-21(19,20)17-9-3-4-11(10-17)14(18)16-13-7-5-12(15)6-8-13/h5-8,11H,2-4,9-10H2,1H3,(H,16,18). The molecule has 1 heterocycles. The number of carbonyl (C=O) groups is 1. The first-order valence-corrected chi connectivity index (χ1v) is 8.57. The maximum atomic E-state index is 12.8. The molecule has 0 aromatic heterocycles. The minimum Gasteiger partial charge on any atom is -0.326 e. The Morgan fingerprint density at radius 2 is 2.05 bits per heavy atom. The zero-order valence-electron chi connectivity index (χ0n) is 11.9. The van der Waals surface area contributed by atoms with Crippen molar-refractivity contribution in [1.29, 1.82) is 0 Å². The second kappa shape index (κ2) is 6.53. The number of benzene rings is 1. The lowest BCUT2D eigenvalue weighted by atomic mass is 9.99. The minimum atomic E-state index is -3.26. The molecule has 1 aromatic carbocycles. The van der Waals surface area contributed by atoms with Gasteiger partial charge < -0.3 is 5.32 Å². The molecule has 1 unspecified atom stereocenters. The highest BCUT2D eigenvalue weighted by Crippen LogP contribution is 2.21. The van der Waals surface area contributed by atoms with E-state index in [0.29, 0.717) is 25.1 Å². The highest BCUT2D eigenvalue weighted by Gasteiger charge is 2.31. The molecule has 1 N–H and O–H groups in total. The summed E-state index contributed by atoms with van der Waals surface area (Å²) in [5, 5.41) is 2.70. The topological polar surface area (TPSA) is 66.5 Å². The SMILES string of the molecule is CCS(=O)(=O)N1CCCC(C(=O)Nc2ccc(F)cc2)C1. The number of halogens is 1. The van der Waals surface area contributed by atoms with Crippen molar-refractivity contribution in [2.75, 3.05) is 24.2 Å². The van der Waals surface area contributed by atoms with Crippen LogP contribution in [0.15, 0.2) is 24.3 Å². The smallest absolute Gasteiger partial charge is 0.228 e. The maximum Gasteiger partial charge on any atom is 0.228 e. The number of piperidine rings is 1. The molecule has 1 atom stereocenters. The normalized spacial score (nSPS) is 20.2. The van der Waals surface area contributed by atoms with Crippen molar-refractivity contribution < 1.29 is 17.6 Å². The van der Waals surface area contributed by atoms with Crippen molar-refractivity contribution in [3.05, 3.63) is 30.1 Å². The molecule has 0 radical (unpaired) electrons. The molecular weight excluding hydrogens is 295 g/mol. The molecule has 2 rings (SSSR count). The van der Waals surface area contributed by atoms with Crippen molar-refractivity contribution in [3.8, 4) is 0 Å². The summed E-state index contributed by atoms with van der Waals surface area (Å²) in [6.45, 7) is 2.28. The van der Waals surface area contributed by atoms with Crippen LogP contribution < -0.4 is 5.32 Å². The van der Waals surface area contributed by atoms with Crippen molar-refractivity contribution in [2.45, 2.75) is 19.8 Å². The first-order chi connectivity index (χ1) is 9.92. The van der Waals surface area contributed by atoms with Crippen LogP contribution in [0.3, 0.4) is 0 Å². The van der Waals surface area contributed by atoms with Gasteiger partial charge in [-0.15, -0.1) is 0 Å². The Morgan fingerprint density at radius 1 is 1.38 bits per heavy atom. The highest BCUT2D eigenvalue weighted by atomic mass is 32.2. The molecule has 5 nitrogen and oxygen atoms in total. The lowest BCUT2D eigenvalue weighted by Gasteiger charge is -2.30. The third kappa shape index (κ3) is 4.01. The van der Waals surface area contributed by atoms with Crippen LogP contribution in [0.4, 0.5) is 10.1 Å². The average Bonchev–Trinajstić information content (AvgIpc) is 2.49. The van der Waals surface area contributed by atoms with Crippen LogP contribution in [-0.2, 0) is 14.8 Å². The number of rotatable bonds is 4. The summed E-state index contributed by atoms with van der Waals surface area (Å²) in [7, 11) is -3.26. The Kier molecular flexibility index (Phi) is 4.95. The van der Waals surface area contributed by atoms with E-state index in [9.17, 15) is 17.6 Å². The van der Waals surface area contributed by atoms with E-state index in [-0.39, 0.29) is 29.9 Å². The van der Waals surface area contributed by atoms with Crippen LogP contribution in [-0.4, -0.2) is 37.5 Å². The molecule has 1 fully saturated rings. The Morgan fingerprint density at radius 3 is 2.67 bits per heavy atom. The molecule has 0 aliphatic carbocycles. The number of hydrogen-bond acceptors (Lipinski definition) is 3. The predicted octanol–water partition coefficient (Wildman–Crippen LogP) is 1.83. The molecule has 0 bridgehead atoms. The summed E-state index contributed by atoms with van der Waals surface area (Å²) in [6, 6.07) is 5.50. The van der Waals surface area contributed by atoms with Crippen molar-refractivity contribution in [1.82, 2.24) is 4.31 Å². The van der Waals surface area contributed by atoms with Crippen LogP contribution in [0.2, 0.25) is 0 Å². The summed E-state index contributed by atoms with van der Waals surface area (Å²) in [5.74, 6) is -0.923. The Hall–Kier alpha value is -1.47. The van der Waals surface area contributed by atoms with Crippen molar-refractivity contribution in [2.24, 2.45) is 5.92 Å². The molecule has 0 spiro atoms. The minimum absolute atomic E-state index is 0.0410. The van der Waals surface area contributed by atoms with Gasteiger partial charge in [-0.2, -0.15) is 0 Å². The van der Waals surface area contributed by atoms with Crippen LogP contribution in [0.5, 0.6) is 0 Å². The first kappa shape index (κ1) is 15.9. The maximum absolute atomic E-state index is 12.8. The third-order valence-electron chi connectivity index (χ3n) is 3.62. The fourth-order valence-corrected chi connectivity index (χ4v) is 3.55. The number of nitrogens with one attached hydrogen (secondary N) is 1. The summed E-state index contributed by atoms with van der Waals surface area (Å²) in [4.78, 5) is 12.2. The fourth-order valence-electron chi connectivity index (χ4n) is 2.37. The first-order valence-electron chi connectivity index (χ1n) is 6.96.